The fourth-order valence-electron chi connectivity index (χ4n) is 1.69. The second-order valence-electron chi connectivity index (χ2n) is 5.29. The number of nitrogens with one attached hydrogen (secondary N) is 3. The molecule has 0 aromatic carbocycles. The predicted molar refractivity (Wildman–Crippen MR) is 92.4 cm³/mol. The second-order valence-corrected chi connectivity index (χ2v) is 5.66. The van der Waals surface area contributed by atoms with Gasteiger partial charge < -0.3 is 37.6 Å². The van der Waals surface area contributed by atoms with Gasteiger partial charge in [0, 0.05) is 5.75 Å². The number of hydrogen-bond acceptors (Lipinski definition) is 8. The van der Waals surface area contributed by atoms with Gasteiger partial charge in [-0.25, -0.2) is 4.79 Å². The van der Waals surface area contributed by atoms with Crippen LogP contribution in [0.4, 0.5) is 0 Å². The maximum atomic E-state index is 12.0. The van der Waals surface area contributed by atoms with Crippen molar-refractivity contribution in [2.45, 2.75) is 31.0 Å². The molecule has 0 fully saturated rings. The van der Waals surface area contributed by atoms with Crippen LogP contribution in [0.5, 0.6) is 0 Å². The van der Waals surface area contributed by atoms with Gasteiger partial charge in [-0.1, -0.05) is 0 Å². The molecule has 3 unspecified atom stereocenters. The topological polar surface area (TPSA) is 231 Å². The van der Waals surface area contributed by atoms with E-state index in [1.54, 1.807) is 0 Å². The number of aliphatic carboxylic acids is 2. The van der Waals surface area contributed by atoms with E-state index in [-0.39, 0.29) is 5.75 Å². The molecule has 0 radical (unpaired) electrons. The zero-order valence-corrected chi connectivity index (χ0v) is 14.9. The molecule has 0 spiro atoms. The minimum Gasteiger partial charge on any atom is -0.481 e. The van der Waals surface area contributed by atoms with Crippen molar-refractivity contribution < 1.29 is 39.0 Å². The van der Waals surface area contributed by atoms with E-state index < -0.39 is 73.1 Å². The molecule has 13 nitrogen and oxygen atoms in total. The molecule has 0 bridgehead atoms. The van der Waals surface area contributed by atoms with Crippen molar-refractivity contribution in [1.82, 2.24) is 16.0 Å². The summed E-state index contributed by atoms with van der Waals surface area (Å²) in [4.78, 5) is 67.8. The van der Waals surface area contributed by atoms with Gasteiger partial charge in [0.1, 0.15) is 12.1 Å². The molecule has 0 aliphatic carbocycles. The molecule has 0 aliphatic rings. The van der Waals surface area contributed by atoms with Crippen LogP contribution in [-0.4, -0.2) is 76.2 Å². The molecule has 9 N–H and O–H groups in total. The van der Waals surface area contributed by atoms with Crippen LogP contribution in [0.25, 0.3) is 0 Å². The Kier molecular flexibility index (Phi) is 10.4. The highest BCUT2D eigenvalue weighted by Crippen LogP contribution is 1.96. The number of carboxylic acid groups (broad SMARTS) is 2. The highest BCUT2D eigenvalue weighted by molar-refractivity contribution is 7.80. The zero-order chi connectivity index (χ0) is 21.1. The van der Waals surface area contributed by atoms with E-state index >= 15 is 0 Å². The molecule has 0 rings (SSSR count). The van der Waals surface area contributed by atoms with E-state index in [2.05, 4.69) is 23.3 Å². The summed E-state index contributed by atoms with van der Waals surface area (Å²) < 4.78 is 0. The molecular weight excluding hydrogens is 386 g/mol. The smallest absolute Gasteiger partial charge is 0.327 e. The highest BCUT2D eigenvalue weighted by atomic mass is 32.1. The number of amides is 4. The standard InChI is InChI=1S/C13H21N5O8S/c14-5(1-8(15)19)11(23)18-6(2-10(21)22)12(24)16-3-9(20)17-7(4-27)13(25)26/h5-7,27H,1-4,14H2,(H2,15,19)(H,16,24)(H,17,20)(H,18,23)(H,21,22)(H,25,26). The number of carbonyl (C=O) groups is 6. The number of primary amides is 1. The first kappa shape index (κ1) is 24.1. The van der Waals surface area contributed by atoms with Gasteiger partial charge in [0.05, 0.1) is 25.4 Å². The first-order valence-electron chi connectivity index (χ1n) is 7.44. The lowest BCUT2D eigenvalue weighted by Gasteiger charge is -2.19. The SMILES string of the molecule is NC(=O)CC(N)C(=O)NC(CC(=O)O)C(=O)NCC(=O)NC(CS)C(=O)O. The van der Waals surface area contributed by atoms with Gasteiger partial charge in [-0.05, 0) is 0 Å². The number of carbonyl (C=O) groups excluding carboxylic acids is 4. The summed E-state index contributed by atoms with van der Waals surface area (Å²) in [5.41, 5.74) is 10.3. The molecule has 0 saturated carbocycles. The Hall–Kier alpha value is -2.87. The average Bonchev–Trinajstić information content (AvgIpc) is 2.55. The van der Waals surface area contributed by atoms with Crippen LogP contribution in [0.15, 0.2) is 0 Å². The van der Waals surface area contributed by atoms with Crippen molar-refractivity contribution in [1.29, 1.82) is 0 Å². The summed E-state index contributed by atoms with van der Waals surface area (Å²) in [5.74, 6) is -6.69. The maximum Gasteiger partial charge on any atom is 0.327 e. The maximum absolute atomic E-state index is 12.0. The number of rotatable bonds is 12. The van der Waals surface area contributed by atoms with Crippen LogP contribution < -0.4 is 27.4 Å². The van der Waals surface area contributed by atoms with E-state index in [4.69, 9.17) is 21.7 Å². The Morgan fingerprint density at radius 2 is 1.52 bits per heavy atom. The number of hydrogen-bond donors (Lipinski definition) is 8. The largest absolute Gasteiger partial charge is 0.481 e. The van der Waals surface area contributed by atoms with E-state index in [1.165, 1.54) is 0 Å². The molecule has 152 valence electrons. The molecule has 27 heavy (non-hydrogen) atoms. The highest BCUT2D eigenvalue weighted by Gasteiger charge is 2.27. The quantitative estimate of drug-likeness (QED) is 0.146. The molecule has 0 aromatic heterocycles. The van der Waals surface area contributed by atoms with Gasteiger partial charge in [-0.3, -0.25) is 24.0 Å². The van der Waals surface area contributed by atoms with E-state index in [1.807, 2.05) is 5.32 Å². The summed E-state index contributed by atoms with van der Waals surface area (Å²) in [6.45, 7) is -0.671. The summed E-state index contributed by atoms with van der Waals surface area (Å²) in [6.07, 6.45) is -1.34. The summed E-state index contributed by atoms with van der Waals surface area (Å²) in [6, 6.07) is -4.25. The van der Waals surface area contributed by atoms with Gasteiger partial charge in [0.15, 0.2) is 0 Å². The lowest BCUT2D eigenvalue weighted by molar-refractivity contribution is -0.142. The van der Waals surface area contributed by atoms with Crippen molar-refractivity contribution >= 4 is 48.2 Å². The molecular formula is C13H21N5O8S. The van der Waals surface area contributed by atoms with Gasteiger partial charge in [0.2, 0.25) is 23.6 Å². The van der Waals surface area contributed by atoms with Crippen LogP contribution in [-0.2, 0) is 28.8 Å². The Balaban J connectivity index is 4.80. The van der Waals surface area contributed by atoms with Crippen LogP contribution in [0.2, 0.25) is 0 Å². The summed E-state index contributed by atoms with van der Waals surface area (Å²) >= 11 is 3.75. The summed E-state index contributed by atoms with van der Waals surface area (Å²) in [7, 11) is 0. The molecule has 0 aliphatic heterocycles. The third kappa shape index (κ3) is 10.0. The summed E-state index contributed by atoms with van der Waals surface area (Å²) in [5, 5.41) is 23.8. The lowest BCUT2D eigenvalue weighted by atomic mass is 10.1. The predicted octanol–water partition coefficient (Wildman–Crippen LogP) is -4.24. The van der Waals surface area contributed by atoms with Crippen LogP contribution in [0.3, 0.4) is 0 Å². The van der Waals surface area contributed by atoms with Gasteiger partial charge in [0.25, 0.3) is 0 Å². The number of thiol groups is 1. The average molecular weight is 407 g/mol. The Morgan fingerprint density at radius 1 is 0.926 bits per heavy atom. The minimum absolute atomic E-state index is 0.190. The second kappa shape index (κ2) is 11.7. The fraction of sp³-hybridized carbons (Fsp3) is 0.538. The van der Waals surface area contributed by atoms with Crippen LogP contribution >= 0.6 is 12.6 Å². The Morgan fingerprint density at radius 3 is 1.96 bits per heavy atom. The third-order valence-electron chi connectivity index (χ3n) is 3.01. The van der Waals surface area contributed by atoms with E-state index in [0.717, 1.165) is 0 Å². The van der Waals surface area contributed by atoms with Crippen molar-refractivity contribution in [2.24, 2.45) is 11.5 Å². The molecule has 0 aromatic rings. The van der Waals surface area contributed by atoms with Crippen LogP contribution in [0.1, 0.15) is 12.8 Å². The van der Waals surface area contributed by atoms with Gasteiger partial charge in [-0.15, -0.1) is 0 Å². The Bertz CT molecular complexity index is 614. The first-order chi connectivity index (χ1) is 12.5. The molecule has 0 heterocycles. The fourth-order valence-corrected chi connectivity index (χ4v) is 1.94. The van der Waals surface area contributed by atoms with Crippen molar-refractivity contribution in [2.75, 3.05) is 12.3 Å². The van der Waals surface area contributed by atoms with Crippen LogP contribution in [0, 0.1) is 0 Å². The number of nitrogens with two attached hydrogens (primary N) is 2. The van der Waals surface area contributed by atoms with Crippen molar-refractivity contribution in [3.05, 3.63) is 0 Å². The molecule has 4 amide bonds. The molecule has 14 heteroatoms. The van der Waals surface area contributed by atoms with Gasteiger partial charge >= 0.3 is 11.9 Å². The third-order valence-corrected chi connectivity index (χ3v) is 3.37. The Labute approximate surface area is 158 Å². The number of carboxylic acids is 2. The van der Waals surface area contributed by atoms with E-state index in [0.29, 0.717) is 0 Å². The van der Waals surface area contributed by atoms with Crippen molar-refractivity contribution in [3.8, 4) is 0 Å². The molecule has 3 atom stereocenters. The molecule has 0 saturated heterocycles. The first-order valence-corrected chi connectivity index (χ1v) is 8.07. The lowest BCUT2D eigenvalue weighted by Crippen LogP contribution is -2.54. The zero-order valence-electron chi connectivity index (χ0n) is 14.0. The van der Waals surface area contributed by atoms with Gasteiger partial charge in [-0.2, -0.15) is 12.6 Å². The normalized spacial score (nSPS) is 13.6. The minimum atomic E-state index is -1.58. The monoisotopic (exact) mass is 407 g/mol. The van der Waals surface area contributed by atoms with E-state index in [9.17, 15) is 28.8 Å². The van der Waals surface area contributed by atoms with Crippen molar-refractivity contribution in [3.63, 3.8) is 0 Å².